The molecule has 1 heterocycles. The van der Waals surface area contributed by atoms with E-state index < -0.39 is 12.9 Å². The molecule has 0 saturated carbocycles. The first kappa shape index (κ1) is 17.7. The van der Waals surface area contributed by atoms with Crippen molar-refractivity contribution in [3.05, 3.63) is 30.3 Å². The zero-order chi connectivity index (χ0) is 16.9. The van der Waals surface area contributed by atoms with Crippen molar-refractivity contribution in [3.63, 3.8) is 0 Å². The van der Waals surface area contributed by atoms with Crippen LogP contribution in [0.5, 0.6) is 0 Å². The molecule has 0 radical (unpaired) electrons. The van der Waals surface area contributed by atoms with E-state index in [-0.39, 0.29) is 19.8 Å². The molecule has 0 bridgehead atoms. The van der Waals surface area contributed by atoms with Crippen molar-refractivity contribution in [1.82, 2.24) is 20.2 Å². The van der Waals surface area contributed by atoms with Crippen molar-refractivity contribution in [2.75, 3.05) is 13.2 Å². The lowest BCUT2D eigenvalue weighted by atomic mass is 10.2. The van der Waals surface area contributed by atoms with Crippen molar-refractivity contribution in [2.45, 2.75) is 32.7 Å². The van der Waals surface area contributed by atoms with Gasteiger partial charge in [0.25, 0.3) is 0 Å². The van der Waals surface area contributed by atoms with Gasteiger partial charge in [-0.25, -0.2) is 0 Å². The van der Waals surface area contributed by atoms with Gasteiger partial charge in [0.05, 0.1) is 13.2 Å². The Labute approximate surface area is 135 Å². The maximum Gasteiger partial charge on any atom is 0.363 e. The molecule has 1 N–H and O–H groups in total. The van der Waals surface area contributed by atoms with E-state index in [1.807, 2.05) is 30.3 Å². The molecule has 2 rings (SSSR count). The molecule has 1 aromatic carbocycles. The molecule has 0 aliphatic carbocycles. The second-order valence-electron chi connectivity index (χ2n) is 5.06. The minimum absolute atomic E-state index is 0.160. The van der Waals surface area contributed by atoms with E-state index in [0.29, 0.717) is 5.82 Å². The highest BCUT2D eigenvalue weighted by molar-refractivity contribution is 7.55. The highest BCUT2D eigenvalue weighted by atomic mass is 31.2. The molecule has 1 unspecified atom stereocenters. The van der Waals surface area contributed by atoms with E-state index in [4.69, 9.17) is 9.05 Å². The molecule has 0 spiro atoms. The van der Waals surface area contributed by atoms with Gasteiger partial charge >= 0.3 is 7.60 Å². The normalized spacial score (nSPS) is 14.6. The summed E-state index contributed by atoms with van der Waals surface area (Å²) in [6.07, 6.45) is 0. The van der Waals surface area contributed by atoms with Crippen LogP contribution in [-0.2, 0) is 20.2 Å². The fourth-order valence-electron chi connectivity index (χ4n) is 2.02. The van der Waals surface area contributed by atoms with Gasteiger partial charge in [-0.3, -0.25) is 4.57 Å². The summed E-state index contributed by atoms with van der Waals surface area (Å²) in [5.41, 5.74) is 0.802. The lowest BCUT2D eigenvalue weighted by molar-refractivity contribution is 0.0611. The average molecular weight is 340 g/mol. The van der Waals surface area contributed by atoms with Crippen LogP contribution in [0.1, 0.15) is 20.8 Å². The molecule has 9 heteroatoms. The Morgan fingerprint density at radius 3 is 2.39 bits per heavy atom. The summed E-state index contributed by atoms with van der Waals surface area (Å²) in [5.74, 6) is 0.420. The summed E-state index contributed by atoms with van der Waals surface area (Å²) < 4.78 is 23.1. The van der Waals surface area contributed by atoms with Crippen LogP contribution in [-0.4, -0.2) is 43.9 Å². The third kappa shape index (κ3) is 4.03. The summed E-state index contributed by atoms with van der Waals surface area (Å²) in [4.78, 5) is 1.19. The Morgan fingerprint density at radius 1 is 1.22 bits per heavy atom. The Bertz CT molecular complexity index is 664. The summed E-state index contributed by atoms with van der Waals surface area (Å²) in [5, 5.41) is 20.9. The monoisotopic (exact) mass is 340 g/mol. The van der Waals surface area contributed by atoms with E-state index in [1.54, 1.807) is 13.8 Å². The topological polar surface area (TPSA) is 99.4 Å². The van der Waals surface area contributed by atoms with Gasteiger partial charge in [-0.15, -0.1) is 10.2 Å². The van der Waals surface area contributed by atoms with Crippen LogP contribution >= 0.6 is 7.60 Å². The van der Waals surface area contributed by atoms with Crippen molar-refractivity contribution in [2.24, 2.45) is 0 Å². The fourth-order valence-corrected chi connectivity index (χ4v) is 3.63. The number of aromatic nitrogens is 4. The first-order valence-electron chi connectivity index (χ1n) is 7.36. The summed E-state index contributed by atoms with van der Waals surface area (Å²) in [7, 11) is -3.72. The van der Waals surface area contributed by atoms with Crippen molar-refractivity contribution in [1.29, 1.82) is 0 Å². The lowest BCUT2D eigenvalue weighted by Gasteiger charge is -2.30. The molecule has 1 aromatic heterocycles. The molecule has 0 aliphatic rings. The third-order valence-corrected chi connectivity index (χ3v) is 5.63. The quantitative estimate of drug-likeness (QED) is 0.736. The predicted octanol–water partition coefficient (Wildman–Crippen LogP) is 2.31. The number of tetrazole rings is 1. The summed E-state index contributed by atoms with van der Waals surface area (Å²) in [6.45, 7) is 4.90. The fraction of sp³-hybridized carbons (Fsp3) is 0.500. The number of nitrogens with zero attached hydrogens (tertiary/aromatic N) is 4. The first-order valence-corrected chi connectivity index (χ1v) is 8.91. The van der Waals surface area contributed by atoms with Gasteiger partial charge in [-0.05, 0) is 26.0 Å². The van der Waals surface area contributed by atoms with E-state index in [0.717, 1.165) is 5.56 Å². The molecule has 126 valence electrons. The maximum atomic E-state index is 12.7. The molecule has 2 aromatic rings. The molecule has 0 fully saturated rings. The second kappa shape index (κ2) is 7.31. The molecule has 0 saturated heterocycles. The van der Waals surface area contributed by atoms with Gasteiger partial charge in [-0.1, -0.05) is 30.3 Å². The Balaban J connectivity index is 2.20. The van der Waals surface area contributed by atoms with Crippen molar-refractivity contribution in [3.8, 4) is 11.4 Å². The zero-order valence-electron chi connectivity index (χ0n) is 13.4. The highest BCUT2D eigenvalue weighted by Crippen LogP contribution is 2.59. The molecule has 0 aliphatic heterocycles. The number of hydrogen-bond donors (Lipinski definition) is 1. The lowest BCUT2D eigenvalue weighted by Crippen LogP contribution is -2.33. The first-order chi connectivity index (χ1) is 10.9. The number of aliphatic hydroxyl groups is 1. The average Bonchev–Trinajstić information content (AvgIpc) is 2.96. The SMILES string of the molecule is CCOP(=O)(OCC)C(C)(O)Cn1nnc(-c2ccccc2)n1. The van der Waals surface area contributed by atoms with Gasteiger partial charge < -0.3 is 14.2 Å². The van der Waals surface area contributed by atoms with Crippen molar-refractivity contribution >= 4 is 7.60 Å². The van der Waals surface area contributed by atoms with Crippen LogP contribution < -0.4 is 0 Å². The minimum atomic E-state index is -3.72. The number of rotatable bonds is 8. The van der Waals surface area contributed by atoms with Crippen LogP contribution in [0.25, 0.3) is 11.4 Å². The number of hydrogen-bond acceptors (Lipinski definition) is 7. The maximum absolute atomic E-state index is 12.7. The Morgan fingerprint density at radius 2 is 1.83 bits per heavy atom. The summed E-state index contributed by atoms with van der Waals surface area (Å²) in [6, 6.07) is 9.32. The third-order valence-electron chi connectivity index (χ3n) is 3.11. The second-order valence-corrected chi connectivity index (χ2v) is 7.53. The number of benzene rings is 1. The molecule has 1 atom stereocenters. The van der Waals surface area contributed by atoms with Gasteiger partial charge in [0.1, 0.15) is 6.54 Å². The van der Waals surface area contributed by atoms with Gasteiger partial charge in [0.15, 0.2) is 5.34 Å². The van der Waals surface area contributed by atoms with Gasteiger partial charge in [0, 0.05) is 5.56 Å². The Hall–Kier alpha value is -1.60. The highest BCUT2D eigenvalue weighted by Gasteiger charge is 2.46. The van der Waals surface area contributed by atoms with E-state index in [1.165, 1.54) is 11.7 Å². The van der Waals surface area contributed by atoms with E-state index >= 15 is 0 Å². The van der Waals surface area contributed by atoms with Gasteiger partial charge in [-0.2, -0.15) is 4.80 Å². The van der Waals surface area contributed by atoms with Crippen LogP contribution in [0, 0.1) is 0 Å². The van der Waals surface area contributed by atoms with Crippen molar-refractivity contribution < 1.29 is 18.7 Å². The summed E-state index contributed by atoms with van der Waals surface area (Å²) >= 11 is 0. The molecule has 23 heavy (non-hydrogen) atoms. The van der Waals surface area contributed by atoms with Crippen LogP contribution in [0.3, 0.4) is 0 Å². The molecule has 0 amide bonds. The van der Waals surface area contributed by atoms with E-state index in [9.17, 15) is 9.67 Å². The van der Waals surface area contributed by atoms with E-state index in [2.05, 4.69) is 15.4 Å². The molecule has 8 nitrogen and oxygen atoms in total. The zero-order valence-corrected chi connectivity index (χ0v) is 14.3. The largest absolute Gasteiger partial charge is 0.376 e. The predicted molar refractivity (Wildman–Crippen MR) is 84.7 cm³/mol. The molecular formula is C14H21N4O4P. The van der Waals surface area contributed by atoms with Crippen LogP contribution in [0.4, 0.5) is 0 Å². The van der Waals surface area contributed by atoms with Crippen LogP contribution in [0.2, 0.25) is 0 Å². The minimum Gasteiger partial charge on any atom is -0.376 e. The smallest absolute Gasteiger partial charge is 0.363 e. The van der Waals surface area contributed by atoms with Crippen LogP contribution in [0.15, 0.2) is 30.3 Å². The Kier molecular flexibility index (Phi) is 5.64. The molecular weight excluding hydrogens is 319 g/mol. The standard InChI is InChI=1S/C14H21N4O4P/c1-4-21-23(20,22-5-2)14(3,19)11-18-16-13(15-17-18)12-9-7-6-8-10-12/h6-10,19H,4-5,11H2,1-3H3. The van der Waals surface area contributed by atoms with Gasteiger partial charge in [0.2, 0.25) is 5.82 Å².